The number of fused-ring (bicyclic) bond motifs is 1. The molecule has 0 unspecified atom stereocenters. The average molecular weight is 324 g/mol. The molecule has 0 aliphatic carbocycles. The average Bonchev–Trinajstić information content (AvgIpc) is 2.97. The predicted octanol–water partition coefficient (Wildman–Crippen LogP) is 2.10. The maximum atomic E-state index is 12.1. The second-order valence-corrected chi connectivity index (χ2v) is 7.89. The van der Waals surface area contributed by atoms with E-state index in [0.717, 1.165) is 22.8 Å². The Balaban J connectivity index is 2.18. The van der Waals surface area contributed by atoms with Gasteiger partial charge in [-0.2, -0.15) is 16.9 Å². The van der Waals surface area contributed by atoms with Gasteiger partial charge in [-0.3, -0.25) is 9.59 Å². The van der Waals surface area contributed by atoms with Crippen molar-refractivity contribution < 1.29 is 9.59 Å². The highest BCUT2D eigenvalue weighted by Crippen LogP contribution is 2.37. The van der Waals surface area contributed by atoms with Crippen LogP contribution in [0.2, 0.25) is 0 Å². The van der Waals surface area contributed by atoms with Crippen LogP contribution in [0.25, 0.3) is 0 Å². The van der Waals surface area contributed by atoms with Crippen molar-refractivity contribution in [3.05, 3.63) is 11.3 Å². The van der Waals surface area contributed by atoms with E-state index >= 15 is 0 Å². The highest BCUT2D eigenvalue weighted by atomic mass is 32.2. The quantitative estimate of drug-likeness (QED) is 0.835. The Hall–Kier alpha value is -1.50. The van der Waals surface area contributed by atoms with Gasteiger partial charge in [-0.15, -0.1) is 0 Å². The topological polar surface area (TPSA) is 76.0 Å². The minimum absolute atomic E-state index is 0.258. The number of thioether (sulfide) groups is 1. The highest BCUT2D eigenvalue weighted by Gasteiger charge is 2.29. The fraction of sp³-hybridized carbons (Fsp3) is 0.667. The normalized spacial score (nSPS) is 14.1. The molecule has 0 bridgehead atoms. The number of rotatable bonds is 3. The standard InChI is InChI=1S/C15H24N4O2S/c1-9(2)6-16-13(20)14(21)17-12-10-7-22-8-11(10)18-19(12)15(3,4)5/h9H,6-8H2,1-5H3,(H,16,20)(H,17,21). The molecular weight excluding hydrogens is 300 g/mol. The van der Waals surface area contributed by atoms with E-state index in [1.807, 2.05) is 39.3 Å². The van der Waals surface area contributed by atoms with Crippen LogP contribution in [0.1, 0.15) is 45.9 Å². The van der Waals surface area contributed by atoms with Crippen molar-refractivity contribution in [3.63, 3.8) is 0 Å². The van der Waals surface area contributed by atoms with E-state index in [1.165, 1.54) is 0 Å². The molecule has 0 saturated carbocycles. The van der Waals surface area contributed by atoms with Crippen LogP contribution >= 0.6 is 11.8 Å². The number of hydrogen-bond acceptors (Lipinski definition) is 4. The minimum Gasteiger partial charge on any atom is -0.348 e. The summed E-state index contributed by atoms with van der Waals surface area (Å²) in [6, 6.07) is 0. The van der Waals surface area contributed by atoms with Crippen molar-refractivity contribution in [2.75, 3.05) is 11.9 Å². The van der Waals surface area contributed by atoms with Crippen molar-refractivity contribution in [3.8, 4) is 0 Å². The van der Waals surface area contributed by atoms with Gasteiger partial charge in [0.15, 0.2) is 0 Å². The number of anilines is 1. The first-order valence-electron chi connectivity index (χ1n) is 7.48. The van der Waals surface area contributed by atoms with E-state index in [1.54, 1.807) is 11.8 Å². The molecule has 1 aliphatic rings. The zero-order chi connectivity index (χ0) is 16.5. The van der Waals surface area contributed by atoms with Crippen LogP contribution in [0.5, 0.6) is 0 Å². The second kappa shape index (κ2) is 6.32. The van der Waals surface area contributed by atoms with Gasteiger partial charge in [-0.1, -0.05) is 13.8 Å². The summed E-state index contributed by atoms with van der Waals surface area (Å²) in [6.45, 7) is 10.5. The van der Waals surface area contributed by atoms with Crippen molar-refractivity contribution >= 4 is 29.4 Å². The molecule has 1 aromatic rings. The lowest BCUT2D eigenvalue weighted by Crippen LogP contribution is -2.38. The predicted molar refractivity (Wildman–Crippen MR) is 88.7 cm³/mol. The van der Waals surface area contributed by atoms with Crippen LogP contribution in [0.3, 0.4) is 0 Å². The molecule has 2 amide bonds. The number of hydrogen-bond donors (Lipinski definition) is 2. The van der Waals surface area contributed by atoms with Crippen molar-refractivity contribution in [2.45, 2.75) is 51.7 Å². The van der Waals surface area contributed by atoms with Gasteiger partial charge in [0.05, 0.1) is 11.2 Å². The molecule has 122 valence electrons. The second-order valence-electron chi connectivity index (χ2n) is 6.91. The summed E-state index contributed by atoms with van der Waals surface area (Å²) in [4.78, 5) is 24.0. The zero-order valence-electron chi connectivity index (χ0n) is 13.8. The van der Waals surface area contributed by atoms with Crippen LogP contribution < -0.4 is 10.6 Å². The van der Waals surface area contributed by atoms with Crippen molar-refractivity contribution in [2.24, 2.45) is 5.92 Å². The molecule has 7 heteroatoms. The Kier molecular flexibility index (Phi) is 4.84. The maximum absolute atomic E-state index is 12.1. The third-order valence-electron chi connectivity index (χ3n) is 3.30. The third kappa shape index (κ3) is 3.63. The summed E-state index contributed by atoms with van der Waals surface area (Å²) in [6.07, 6.45) is 0. The first-order chi connectivity index (χ1) is 10.2. The molecule has 6 nitrogen and oxygen atoms in total. The Labute approximate surface area is 135 Å². The summed E-state index contributed by atoms with van der Waals surface area (Å²) in [5.41, 5.74) is 1.77. The molecule has 0 spiro atoms. The molecule has 0 radical (unpaired) electrons. The fourth-order valence-electron chi connectivity index (χ4n) is 2.17. The summed E-state index contributed by atoms with van der Waals surface area (Å²) in [7, 11) is 0. The number of nitrogens with one attached hydrogen (secondary N) is 2. The lowest BCUT2D eigenvalue weighted by Gasteiger charge is -2.23. The molecule has 0 atom stereocenters. The lowest BCUT2D eigenvalue weighted by atomic mass is 10.1. The third-order valence-corrected chi connectivity index (χ3v) is 4.27. The Bertz CT molecular complexity index is 587. The highest BCUT2D eigenvalue weighted by molar-refractivity contribution is 7.98. The van der Waals surface area contributed by atoms with Gasteiger partial charge in [0.25, 0.3) is 0 Å². The van der Waals surface area contributed by atoms with Gasteiger partial charge in [0, 0.05) is 23.6 Å². The summed E-state index contributed by atoms with van der Waals surface area (Å²) < 4.78 is 1.81. The van der Waals surface area contributed by atoms with E-state index in [-0.39, 0.29) is 5.54 Å². The van der Waals surface area contributed by atoms with Gasteiger partial charge in [-0.25, -0.2) is 4.68 Å². The molecule has 1 aliphatic heterocycles. The molecule has 2 rings (SSSR count). The van der Waals surface area contributed by atoms with E-state index in [0.29, 0.717) is 18.3 Å². The largest absolute Gasteiger partial charge is 0.348 e. The minimum atomic E-state index is -0.634. The first-order valence-corrected chi connectivity index (χ1v) is 8.63. The Morgan fingerprint density at radius 2 is 1.95 bits per heavy atom. The Morgan fingerprint density at radius 3 is 2.55 bits per heavy atom. The van der Waals surface area contributed by atoms with Crippen molar-refractivity contribution in [1.29, 1.82) is 0 Å². The number of carbonyl (C=O) groups excluding carboxylic acids is 2. The molecule has 2 heterocycles. The van der Waals surface area contributed by atoms with Crippen LogP contribution in [0.15, 0.2) is 0 Å². The smallest absolute Gasteiger partial charge is 0.314 e. The first kappa shape index (κ1) is 16.9. The van der Waals surface area contributed by atoms with Crippen LogP contribution in [-0.2, 0) is 26.6 Å². The van der Waals surface area contributed by atoms with E-state index in [2.05, 4.69) is 15.7 Å². The van der Waals surface area contributed by atoms with E-state index in [9.17, 15) is 9.59 Å². The number of aromatic nitrogens is 2. The number of carbonyl (C=O) groups is 2. The molecule has 22 heavy (non-hydrogen) atoms. The zero-order valence-corrected chi connectivity index (χ0v) is 14.6. The molecule has 1 aromatic heterocycles. The SMILES string of the molecule is CC(C)CNC(=O)C(=O)Nc1c2c(nn1C(C)(C)C)CSC2. The van der Waals surface area contributed by atoms with Crippen LogP contribution in [0, 0.1) is 5.92 Å². The molecule has 2 N–H and O–H groups in total. The van der Waals surface area contributed by atoms with Gasteiger partial charge in [0.1, 0.15) is 5.82 Å². The lowest BCUT2D eigenvalue weighted by molar-refractivity contribution is -0.136. The number of nitrogens with zero attached hydrogens (tertiary/aromatic N) is 2. The molecule has 0 saturated heterocycles. The van der Waals surface area contributed by atoms with Crippen LogP contribution in [0.4, 0.5) is 5.82 Å². The van der Waals surface area contributed by atoms with Gasteiger partial charge < -0.3 is 10.6 Å². The van der Waals surface area contributed by atoms with Crippen LogP contribution in [-0.4, -0.2) is 28.1 Å². The monoisotopic (exact) mass is 324 g/mol. The molecule has 0 aromatic carbocycles. The molecular formula is C15H24N4O2S. The Morgan fingerprint density at radius 1 is 1.27 bits per heavy atom. The van der Waals surface area contributed by atoms with Gasteiger partial charge >= 0.3 is 11.8 Å². The fourth-order valence-corrected chi connectivity index (χ4v) is 3.20. The van der Waals surface area contributed by atoms with Crippen molar-refractivity contribution in [1.82, 2.24) is 15.1 Å². The van der Waals surface area contributed by atoms with Gasteiger partial charge in [0.2, 0.25) is 0 Å². The van der Waals surface area contributed by atoms with Gasteiger partial charge in [-0.05, 0) is 26.7 Å². The van der Waals surface area contributed by atoms with E-state index < -0.39 is 11.8 Å². The van der Waals surface area contributed by atoms with E-state index in [4.69, 9.17) is 0 Å². The number of amides is 2. The summed E-state index contributed by atoms with van der Waals surface area (Å²) in [5, 5.41) is 9.99. The molecule has 0 fully saturated rings. The summed E-state index contributed by atoms with van der Waals surface area (Å²) >= 11 is 1.77. The maximum Gasteiger partial charge on any atom is 0.314 e. The summed E-state index contributed by atoms with van der Waals surface area (Å²) in [5.74, 6) is 1.38.